The van der Waals surface area contributed by atoms with Gasteiger partial charge in [-0.05, 0) is 19.3 Å². The Labute approximate surface area is 104 Å². The van der Waals surface area contributed by atoms with Gasteiger partial charge in [-0.1, -0.05) is 6.92 Å². The van der Waals surface area contributed by atoms with Gasteiger partial charge in [0, 0.05) is 44.8 Å². The molecule has 4 heteroatoms. The van der Waals surface area contributed by atoms with Crippen molar-refractivity contribution in [2.24, 2.45) is 11.1 Å². The summed E-state index contributed by atoms with van der Waals surface area (Å²) in [5.74, 6) is 0. The lowest BCUT2D eigenvalue weighted by molar-refractivity contribution is 0.0431. The quantitative estimate of drug-likeness (QED) is 0.794. The largest absolute Gasteiger partial charge is 0.381 e. The summed E-state index contributed by atoms with van der Waals surface area (Å²) < 4.78 is 11.3. The second-order valence-electron chi connectivity index (χ2n) is 5.50. The third-order valence-corrected chi connectivity index (χ3v) is 4.07. The second kappa shape index (κ2) is 6.14. The summed E-state index contributed by atoms with van der Waals surface area (Å²) in [7, 11) is 0. The summed E-state index contributed by atoms with van der Waals surface area (Å²) in [4.78, 5) is 2.53. The van der Waals surface area contributed by atoms with Crippen LogP contribution >= 0.6 is 0 Å². The molecule has 0 bridgehead atoms. The summed E-state index contributed by atoms with van der Waals surface area (Å²) in [6, 6.07) is 0. The van der Waals surface area contributed by atoms with Gasteiger partial charge in [-0.25, -0.2) is 0 Å². The van der Waals surface area contributed by atoms with E-state index in [-0.39, 0.29) is 5.41 Å². The fourth-order valence-corrected chi connectivity index (χ4v) is 2.83. The minimum Gasteiger partial charge on any atom is -0.381 e. The highest BCUT2D eigenvalue weighted by atomic mass is 16.5. The third kappa shape index (κ3) is 3.41. The molecule has 2 atom stereocenters. The van der Waals surface area contributed by atoms with Crippen molar-refractivity contribution in [1.29, 1.82) is 0 Å². The van der Waals surface area contributed by atoms with E-state index in [1.165, 1.54) is 0 Å². The van der Waals surface area contributed by atoms with Crippen molar-refractivity contribution in [2.75, 3.05) is 46.0 Å². The Morgan fingerprint density at radius 3 is 2.94 bits per heavy atom. The van der Waals surface area contributed by atoms with Crippen LogP contribution in [0.15, 0.2) is 0 Å². The van der Waals surface area contributed by atoms with E-state index in [4.69, 9.17) is 15.2 Å². The summed E-state index contributed by atoms with van der Waals surface area (Å²) >= 11 is 0. The maximum Gasteiger partial charge on any atom is 0.0699 e. The summed E-state index contributed by atoms with van der Waals surface area (Å²) in [6.45, 7) is 8.81. The molecular weight excluding hydrogens is 216 g/mol. The molecule has 0 amide bonds. The van der Waals surface area contributed by atoms with Gasteiger partial charge in [0.15, 0.2) is 0 Å². The van der Waals surface area contributed by atoms with Crippen molar-refractivity contribution in [3.63, 3.8) is 0 Å². The molecule has 2 fully saturated rings. The maximum absolute atomic E-state index is 5.95. The van der Waals surface area contributed by atoms with Gasteiger partial charge in [0.05, 0.1) is 12.7 Å². The van der Waals surface area contributed by atoms with E-state index in [0.717, 1.165) is 65.3 Å². The normalized spacial score (nSPS) is 36.0. The molecule has 2 aliphatic rings. The van der Waals surface area contributed by atoms with E-state index in [1.807, 2.05) is 0 Å². The van der Waals surface area contributed by atoms with Crippen LogP contribution in [-0.4, -0.2) is 57.0 Å². The van der Waals surface area contributed by atoms with Gasteiger partial charge in [0.1, 0.15) is 0 Å². The Morgan fingerprint density at radius 1 is 1.41 bits per heavy atom. The Hall–Kier alpha value is -0.160. The van der Waals surface area contributed by atoms with Crippen molar-refractivity contribution in [3.05, 3.63) is 0 Å². The standard InChI is InChI=1S/C13H26N2O2/c1-2-12-8-15(5-3-6-17-12)10-13(9-14)4-7-16-11-13/h12H,2-11,14H2,1H3. The zero-order chi connectivity index (χ0) is 12.1. The molecular formula is C13H26N2O2. The Bertz CT molecular complexity index is 229. The van der Waals surface area contributed by atoms with Crippen LogP contribution in [-0.2, 0) is 9.47 Å². The van der Waals surface area contributed by atoms with Crippen LogP contribution in [0.4, 0.5) is 0 Å². The average Bonchev–Trinajstić information content (AvgIpc) is 2.69. The third-order valence-electron chi connectivity index (χ3n) is 4.07. The molecule has 17 heavy (non-hydrogen) atoms. The lowest BCUT2D eigenvalue weighted by Crippen LogP contribution is -2.45. The van der Waals surface area contributed by atoms with Gasteiger partial charge < -0.3 is 15.2 Å². The molecule has 0 saturated carbocycles. The molecule has 2 aliphatic heterocycles. The van der Waals surface area contributed by atoms with Crippen molar-refractivity contribution < 1.29 is 9.47 Å². The first kappa shape index (κ1) is 13.3. The summed E-state index contributed by atoms with van der Waals surface area (Å²) in [5.41, 5.74) is 6.15. The highest BCUT2D eigenvalue weighted by Gasteiger charge is 2.36. The van der Waals surface area contributed by atoms with E-state index < -0.39 is 0 Å². The lowest BCUT2D eigenvalue weighted by Gasteiger charge is -2.33. The van der Waals surface area contributed by atoms with Crippen LogP contribution in [0.5, 0.6) is 0 Å². The van der Waals surface area contributed by atoms with Gasteiger partial charge in [-0.15, -0.1) is 0 Å². The minimum atomic E-state index is 0.197. The SMILES string of the molecule is CCC1CN(CC2(CN)CCOC2)CCCO1. The van der Waals surface area contributed by atoms with E-state index in [2.05, 4.69) is 11.8 Å². The predicted molar refractivity (Wildman–Crippen MR) is 68.0 cm³/mol. The molecule has 2 heterocycles. The minimum absolute atomic E-state index is 0.197. The van der Waals surface area contributed by atoms with E-state index in [9.17, 15) is 0 Å². The average molecular weight is 242 g/mol. The van der Waals surface area contributed by atoms with Gasteiger partial charge >= 0.3 is 0 Å². The number of hydrogen-bond acceptors (Lipinski definition) is 4. The molecule has 0 aromatic rings. The number of hydrogen-bond donors (Lipinski definition) is 1. The first-order chi connectivity index (χ1) is 8.28. The Kier molecular flexibility index (Phi) is 4.79. The fraction of sp³-hybridized carbons (Fsp3) is 1.00. The first-order valence-electron chi connectivity index (χ1n) is 6.90. The number of nitrogens with zero attached hydrogens (tertiary/aromatic N) is 1. The Morgan fingerprint density at radius 2 is 2.29 bits per heavy atom. The highest BCUT2D eigenvalue weighted by Crippen LogP contribution is 2.29. The first-order valence-corrected chi connectivity index (χ1v) is 6.90. The van der Waals surface area contributed by atoms with Crippen LogP contribution < -0.4 is 5.73 Å². The van der Waals surface area contributed by atoms with Crippen molar-refractivity contribution in [1.82, 2.24) is 4.90 Å². The number of rotatable bonds is 4. The van der Waals surface area contributed by atoms with Crippen LogP contribution in [0.3, 0.4) is 0 Å². The van der Waals surface area contributed by atoms with E-state index in [0.29, 0.717) is 6.10 Å². The van der Waals surface area contributed by atoms with Crippen LogP contribution in [0.25, 0.3) is 0 Å². The van der Waals surface area contributed by atoms with Crippen LogP contribution in [0.2, 0.25) is 0 Å². The molecule has 0 aliphatic carbocycles. The molecule has 0 radical (unpaired) electrons. The summed E-state index contributed by atoms with van der Waals surface area (Å²) in [5, 5.41) is 0. The highest BCUT2D eigenvalue weighted by molar-refractivity contribution is 4.88. The number of ether oxygens (including phenoxy) is 2. The van der Waals surface area contributed by atoms with Gasteiger partial charge in [0.25, 0.3) is 0 Å². The van der Waals surface area contributed by atoms with Gasteiger partial charge in [0.2, 0.25) is 0 Å². The Balaban J connectivity index is 1.91. The fourth-order valence-electron chi connectivity index (χ4n) is 2.83. The zero-order valence-electron chi connectivity index (χ0n) is 11.0. The van der Waals surface area contributed by atoms with E-state index >= 15 is 0 Å². The van der Waals surface area contributed by atoms with Crippen molar-refractivity contribution >= 4 is 0 Å². The van der Waals surface area contributed by atoms with Gasteiger partial charge in [-0.3, -0.25) is 4.90 Å². The van der Waals surface area contributed by atoms with Crippen LogP contribution in [0.1, 0.15) is 26.2 Å². The van der Waals surface area contributed by atoms with Gasteiger partial charge in [-0.2, -0.15) is 0 Å². The molecule has 2 rings (SSSR count). The maximum atomic E-state index is 5.95. The van der Waals surface area contributed by atoms with Crippen molar-refractivity contribution in [2.45, 2.75) is 32.3 Å². The molecule has 0 aromatic carbocycles. The molecule has 4 nitrogen and oxygen atoms in total. The zero-order valence-corrected chi connectivity index (χ0v) is 11.0. The second-order valence-corrected chi connectivity index (χ2v) is 5.50. The van der Waals surface area contributed by atoms with E-state index in [1.54, 1.807) is 0 Å². The molecule has 2 N–H and O–H groups in total. The molecule has 100 valence electrons. The topological polar surface area (TPSA) is 47.7 Å². The lowest BCUT2D eigenvalue weighted by atomic mass is 9.86. The predicted octanol–water partition coefficient (Wildman–Crippen LogP) is 0.853. The smallest absolute Gasteiger partial charge is 0.0699 e. The summed E-state index contributed by atoms with van der Waals surface area (Å²) in [6.07, 6.45) is 3.74. The number of nitrogens with two attached hydrogens (primary N) is 1. The molecule has 2 saturated heterocycles. The van der Waals surface area contributed by atoms with Crippen molar-refractivity contribution in [3.8, 4) is 0 Å². The monoisotopic (exact) mass is 242 g/mol. The molecule has 0 spiro atoms. The molecule has 2 unspecified atom stereocenters. The van der Waals surface area contributed by atoms with Crippen LogP contribution in [0, 0.1) is 5.41 Å². The molecule has 0 aromatic heterocycles.